The van der Waals surface area contributed by atoms with E-state index < -0.39 is 0 Å². The van der Waals surface area contributed by atoms with Gasteiger partial charge in [0.2, 0.25) is 0 Å². The second kappa shape index (κ2) is 4.05. The van der Waals surface area contributed by atoms with E-state index in [1.807, 2.05) is 0 Å². The fourth-order valence-electron chi connectivity index (χ4n) is 2.92. The summed E-state index contributed by atoms with van der Waals surface area (Å²) in [7, 11) is 0. The number of anilines is 2. The topological polar surface area (TPSA) is 24.1 Å². The van der Waals surface area contributed by atoms with Gasteiger partial charge < -0.3 is 10.6 Å². The van der Waals surface area contributed by atoms with Crippen LogP contribution in [0.15, 0.2) is 12.1 Å². The molecule has 0 saturated heterocycles. The van der Waals surface area contributed by atoms with Crippen LogP contribution in [0.2, 0.25) is 5.02 Å². The van der Waals surface area contributed by atoms with Crippen LogP contribution in [-0.4, -0.2) is 12.1 Å². The number of hydrogen-bond acceptors (Lipinski definition) is 2. The summed E-state index contributed by atoms with van der Waals surface area (Å²) in [4.78, 5) is 0. The minimum atomic E-state index is -0.362. The number of benzene rings is 1. The van der Waals surface area contributed by atoms with E-state index in [2.05, 4.69) is 10.6 Å². The van der Waals surface area contributed by atoms with Crippen LogP contribution < -0.4 is 10.6 Å². The van der Waals surface area contributed by atoms with E-state index in [1.54, 1.807) is 6.07 Å². The van der Waals surface area contributed by atoms with E-state index in [0.29, 0.717) is 0 Å². The number of halogens is 2. The lowest BCUT2D eigenvalue weighted by atomic mass is 9.80. The second-order valence-corrected chi connectivity index (χ2v) is 5.54. The van der Waals surface area contributed by atoms with Crippen LogP contribution in [0.5, 0.6) is 0 Å². The highest BCUT2D eigenvalue weighted by molar-refractivity contribution is 6.31. The summed E-state index contributed by atoms with van der Waals surface area (Å²) in [6.45, 7) is 0.876. The first-order chi connectivity index (χ1) is 8.19. The van der Waals surface area contributed by atoms with Gasteiger partial charge >= 0.3 is 0 Å². The Balaban J connectivity index is 1.91. The van der Waals surface area contributed by atoms with Gasteiger partial charge in [0.05, 0.1) is 21.9 Å². The lowest BCUT2D eigenvalue weighted by molar-refractivity contribution is 0.334. The zero-order valence-electron chi connectivity index (χ0n) is 9.65. The second-order valence-electron chi connectivity index (χ2n) is 5.13. The third-order valence-corrected chi connectivity index (χ3v) is 4.18. The van der Waals surface area contributed by atoms with Crippen molar-refractivity contribution in [2.75, 3.05) is 17.2 Å². The molecule has 1 aliphatic carbocycles. The predicted octanol–water partition coefficient (Wildman–Crippen LogP) is 4.02. The molecule has 2 nitrogen and oxygen atoms in total. The Bertz CT molecular complexity index is 441. The zero-order valence-corrected chi connectivity index (χ0v) is 10.4. The Morgan fingerprint density at radius 2 is 1.88 bits per heavy atom. The molecule has 2 N–H and O–H groups in total. The van der Waals surface area contributed by atoms with E-state index in [1.165, 1.54) is 38.2 Å². The molecule has 0 bridgehead atoms. The largest absolute Gasteiger partial charge is 0.381 e. The molecule has 1 fully saturated rings. The Hall–Kier alpha value is -0.960. The summed E-state index contributed by atoms with van der Waals surface area (Å²) in [6, 6.07) is 3.16. The van der Waals surface area contributed by atoms with Crippen LogP contribution in [0.1, 0.15) is 32.1 Å². The molecule has 1 aliphatic heterocycles. The van der Waals surface area contributed by atoms with E-state index in [9.17, 15) is 4.39 Å². The lowest BCUT2D eigenvalue weighted by Gasteiger charge is -2.43. The van der Waals surface area contributed by atoms with Crippen molar-refractivity contribution >= 4 is 23.0 Å². The first-order valence-electron chi connectivity index (χ1n) is 6.20. The maximum absolute atomic E-state index is 13.3. The van der Waals surface area contributed by atoms with Crippen molar-refractivity contribution in [2.45, 2.75) is 37.6 Å². The molecular formula is C13H16ClFN2. The third-order valence-electron chi connectivity index (χ3n) is 3.89. The maximum atomic E-state index is 13.3. The van der Waals surface area contributed by atoms with Gasteiger partial charge in [0.25, 0.3) is 0 Å². The van der Waals surface area contributed by atoms with E-state index >= 15 is 0 Å². The van der Waals surface area contributed by atoms with Crippen molar-refractivity contribution in [3.63, 3.8) is 0 Å². The van der Waals surface area contributed by atoms with Crippen molar-refractivity contribution in [1.29, 1.82) is 0 Å². The summed E-state index contributed by atoms with van der Waals surface area (Å²) in [6.07, 6.45) is 6.20. The number of nitrogens with one attached hydrogen (secondary N) is 2. The first kappa shape index (κ1) is 11.1. The van der Waals surface area contributed by atoms with Gasteiger partial charge in [-0.1, -0.05) is 30.9 Å². The standard InChI is InChI=1S/C13H16ClFN2/c14-9-6-12-11(7-10(9)15)16-8-13(17-12)4-2-1-3-5-13/h6-7,16-17H,1-5,8H2. The quantitative estimate of drug-likeness (QED) is 0.731. The monoisotopic (exact) mass is 254 g/mol. The SMILES string of the molecule is Fc1cc2c(cc1Cl)NC1(CCCCC1)CN2. The number of fused-ring (bicyclic) bond motifs is 1. The van der Waals surface area contributed by atoms with Gasteiger partial charge in [0.1, 0.15) is 5.82 Å². The molecule has 0 atom stereocenters. The third kappa shape index (κ3) is 1.97. The highest BCUT2D eigenvalue weighted by atomic mass is 35.5. The van der Waals surface area contributed by atoms with E-state index in [-0.39, 0.29) is 16.4 Å². The number of hydrogen-bond donors (Lipinski definition) is 2. The maximum Gasteiger partial charge on any atom is 0.143 e. The highest BCUT2D eigenvalue weighted by Crippen LogP contribution is 2.39. The molecule has 1 aromatic rings. The molecule has 4 heteroatoms. The fraction of sp³-hybridized carbons (Fsp3) is 0.538. The van der Waals surface area contributed by atoms with Gasteiger partial charge in [-0.3, -0.25) is 0 Å². The van der Waals surface area contributed by atoms with Gasteiger partial charge in [-0.2, -0.15) is 0 Å². The molecule has 92 valence electrons. The average Bonchev–Trinajstić information content (AvgIpc) is 2.33. The Labute approximate surface area is 106 Å². The van der Waals surface area contributed by atoms with Crippen LogP contribution in [-0.2, 0) is 0 Å². The van der Waals surface area contributed by atoms with Gasteiger partial charge in [0.15, 0.2) is 0 Å². The molecule has 1 spiro atoms. The normalized spacial score (nSPS) is 21.5. The molecule has 1 aromatic carbocycles. The Morgan fingerprint density at radius 1 is 1.12 bits per heavy atom. The molecule has 1 heterocycles. The molecule has 0 radical (unpaired) electrons. The molecule has 0 unspecified atom stereocenters. The summed E-state index contributed by atoms with van der Waals surface area (Å²) >= 11 is 5.83. The zero-order chi connectivity index (χ0) is 11.9. The summed E-state index contributed by atoms with van der Waals surface area (Å²) in [5.41, 5.74) is 1.90. The molecule has 3 rings (SSSR count). The highest BCUT2D eigenvalue weighted by Gasteiger charge is 2.35. The fourth-order valence-corrected chi connectivity index (χ4v) is 3.08. The van der Waals surface area contributed by atoms with Crippen molar-refractivity contribution < 1.29 is 4.39 Å². The van der Waals surface area contributed by atoms with Crippen molar-refractivity contribution in [2.24, 2.45) is 0 Å². The summed E-state index contributed by atoms with van der Waals surface area (Å²) in [5, 5.41) is 7.08. The van der Waals surface area contributed by atoms with Gasteiger partial charge in [-0.25, -0.2) is 4.39 Å². The average molecular weight is 255 g/mol. The van der Waals surface area contributed by atoms with Crippen LogP contribution in [0.4, 0.5) is 15.8 Å². The van der Waals surface area contributed by atoms with Crippen LogP contribution >= 0.6 is 11.6 Å². The number of rotatable bonds is 0. The smallest absolute Gasteiger partial charge is 0.143 e. The van der Waals surface area contributed by atoms with Crippen molar-refractivity contribution in [1.82, 2.24) is 0 Å². The van der Waals surface area contributed by atoms with Crippen LogP contribution in [0.25, 0.3) is 0 Å². The Morgan fingerprint density at radius 3 is 2.65 bits per heavy atom. The molecular weight excluding hydrogens is 239 g/mol. The van der Waals surface area contributed by atoms with E-state index in [0.717, 1.165) is 17.9 Å². The van der Waals surface area contributed by atoms with Crippen molar-refractivity contribution in [3.05, 3.63) is 23.0 Å². The molecule has 2 aliphatic rings. The van der Waals surface area contributed by atoms with Crippen LogP contribution in [0.3, 0.4) is 0 Å². The molecule has 0 aromatic heterocycles. The predicted molar refractivity (Wildman–Crippen MR) is 69.3 cm³/mol. The Kier molecular flexibility index (Phi) is 2.66. The molecule has 1 saturated carbocycles. The van der Waals surface area contributed by atoms with Gasteiger partial charge in [-0.15, -0.1) is 0 Å². The van der Waals surface area contributed by atoms with Gasteiger partial charge in [-0.05, 0) is 18.9 Å². The summed E-state index contributed by atoms with van der Waals surface area (Å²) < 4.78 is 13.3. The summed E-state index contributed by atoms with van der Waals surface area (Å²) in [5.74, 6) is -0.362. The molecule has 17 heavy (non-hydrogen) atoms. The van der Waals surface area contributed by atoms with E-state index in [4.69, 9.17) is 11.6 Å². The first-order valence-corrected chi connectivity index (χ1v) is 6.57. The van der Waals surface area contributed by atoms with Gasteiger partial charge in [0, 0.05) is 12.6 Å². The van der Waals surface area contributed by atoms with Crippen LogP contribution in [0, 0.1) is 5.82 Å². The minimum absolute atomic E-state index is 0.145. The lowest BCUT2D eigenvalue weighted by Crippen LogP contribution is -2.49. The molecule has 0 amide bonds. The minimum Gasteiger partial charge on any atom is -0.381 e. The van der Waals surface area contributed by atoms with Crippen molar-refractivity contribution in [3.8, 4) is 0 Å².